The second-order valence-electron chi connectivity index (χ2n) is 4.71. The highest BCUT2D eigenvalue weighted by Crippen LogP contribution is 2.26. The van der Waals surface area contributed by atoms with Gasteiger partial charge in [-0.15, -0.1) is 3.89 Å². The van der Waals surface area contributed by atoms with Gasteiger partial charge in [-0.1, -0.05) is 11.6 Å². The first-order valence-corrected chi connectivity index (χ1v) is 6.99. The van der Waals surface area contributed by atoms with Crippen LogP contribution in [0.3, 0.4) is 0 Å². The van der Waals surface area contributed by atoms with E-state index < -0.39 is 26.8 Å². The molecule has 1 amide bonds. The molecule has 0 saturated carbocycles. The van der Waals surface area contributed by atoms with Crippen molar-refractivity contribution in [3.8, 4) is 0 Å². The molecule has 19 heavy (non-hydrogen) atoms. The first kappa shape index (κ1) is 15.7. The molecule has 0 aliphatic heterocycles. The summed E-state index contributed by atoms with van der Waals surface area (Å²) >= 11 is 5.77. The molecule has 5 nitrogen and oxygen atoms in total. The number of amides is 1. The zero-order valence-corrected chi connectivity index (χ0v) is 12.1. The number of nitrogens with one attached hydrogen (secondary N) is 1. The smallest absolute Gasteiger partial charge is 0.412 e. The second kappa shape index (κ2) is 5.34. The summed E-state index contributed by atoms with van der Waals surface area (Å²) in [5.41, 5.74) is -0.769. The Morgan fingerprint density at radius 3 is 2.42 bits per heavy atom. The van der Waals surface area contributed by atoms with Crippen LogP contribution < -0.4 is 5.32 Å². The fraction of sp³-hybridized carbons (Fsp3) is 0.364. The summed E-state index contributed by atoms with van der Waals surface area (Å²) in [7, 11) is -4.86. The van der Waals surface area contributed by atoms with E-state index >= 15 is 0 Å². The predicted octanol–water partition coefficient (Wildman–Crippen LogP) is 3.35. The van der Waals surface area contributed by atoms with E-state index in [0.29, 0.717) is 0 Å². The molecule has 0 aliphatic rings. The summed E-state index contributed by atoms with van der Waals surface area (Å²) < 4.78 is 39.3. The van der Waals surface area contributed by atoms with Crippen molar-refractivity contribution < 1.29 is 21.8 Å². The number of anilines is 1. The highest BCUT2D eigenvalue weighted by Gasteiger charge is 2.19. The fourth-order valence-corrected chi connectivity index (χ4v) is 1.82. The van der Waals surface area contributed by atoms with E-state index in [-0.39, 0.29) is 10.7 Å². The molecule has 106 valence electrons. The van der Waals surface area contributed by atoms with Crippen LogP contribution in [0.25, 0.3) is 0 Å². The topological polar surface area (TPSA) is 72.5 Å². The molecular weight excluding hydrogens is 297 g/mol. The third-order valence-electron chi connectivity index (χ3n) is 1.85. The number of halogens is 2. The zero-order chi connectivity index (χ0) is 14.8. The molecule has 0 spiro atoms. The van der Waals surface area contributed by atoms with E-state index in [4.69, 9.17) is 16.3 Å². The lowest BCUT2D eigenvalue weighted by Gasteiger charge is -2.20. The number of ether oxygens (including phenoxy) is 1. The van der Waals surface area contributed by atoms with Gasteiger partial charge in [0, 0.05) is 0 Å². The molecule has 0 aromatic heterocycles. The molecule has 0 atom stereocenters. The summed E-state index contributed by atoms with van der Waals surface area (Å²) in [6.07, 6.45) is -0.817. The van der Waals surface area contributed by atoms with Crippen LogP contribution in [0.5, 0.6) is 0 Å². The molecule has 0 heterocycles. The normalized spacial score (nSPS) is 12.1. The van der Waals surface area contributed by atoms with E-state index in [0.717, 1.165) is 12.1 Å². The van der Waals surface area contributed by atoms with Crippen molar-refractivity contribution in [2.24, 2.45) is 0 Å². The zero-order valence-electron chi connectivity index (χ0n) is 10.5. The second-order valence-corrected chi connectivity index (χ2v) is 6.46. The molecule has 1 rings (SSSR count). The molecule has 1 aromatic rings. The molecule has 1 N–H and O–H groups in total. The average molecular weight is 310 g/mol. The molecule has 8 heteroatoms. The lowest BCUT2D eigenvalue weighted by atomic mass is 10.2. The van der Waals surface area contributed by atoms with Crippen molar-refractivity contribution in [1.29, 1.82) is 0 Å². The van der Waals surface area contributed by atoms with Crippen molar-refractivity contribution in [2.75, 3.05) is 5.32 Å². The lowest BCUT2D eigenvalue weighted by molar-refractivity contribution is 0.0636. The van der Waals surface area contributed by atoms with Crippen molar-refractivity contribution in [1.82, 2.24) is 0 Å². The van der Waals surface area contributed by atoms with Crippen molar-refractivity contribution in [2.45, 2.75) is 31.3 Å². The van der Waals surface area contributed by atoms with Crippen LogP contribution >= 0.6 is 11.6 Å². The quantitative estimate of drug-likeness (QED) is 0.850. The van der Waals surface area contributed by atoms with E-state index in [1.54, 1.807) is 20.8 Å². The summed E-state index contributed by atoms with van der Waals surface area (Å²) in [6.45, 7) is 4.99. The molecule has 0 aliphatic carbocycles. The summed E-state index contributed by atoms with van der Waals surface area (Å²) in [6, 6.07) is 3.08. The van der Waals surface area contributed by atoms with Crippen LogP contribution in [0.2, 0.25) is 5.02 Å². The van der Waals surface area contributed by atoms with E-state index in [1.165, 1.54) is 6.07 Å². The number of rotatable bonds is 2. The van der Waals surface area contributed by atoms with Crippen LogP contribution in [0.15, 0.2) is 23.1 Å². The van der Waals surface area contributed by atoms with Crippen LogP contribution in [-0.2, 0) is 15.0 Å². The first-order chi connectivity index (χ1) is 8.49. The van der Waals surface area contributed by atoms with Crippen LogP contribution in [0.1, 0.15) is 20.8 Å². The highest BCUT2D eigenvalue weighted by atomic mass is 35.5. The maximum atomic E-state index is 12.8. The molecule has 1 aromatic carbocycles. The molecule has 0 saturated heterocycles. The van der Waals surface area contributed by atoms with E-state index in [9.17, 15) is 17.1 Å². The van der Waals surface area contributed by atoms with E-state index in [2.05, 4.69) is 5.32 Å². The fourth-order valence-electron chi connectivity index (χ4n) is 1.17. The maximum Gasteiger partial charge on any atom is 0.412 e. The number of hydrogen-bond donors (Lipinski definition) is 1. The van der Waals surface area contributed by atoms with Crippen LogP contribution in [0.4, 0.5) is 14.4 Å². The Morgan fingerprint density at radius 2 is 1.95 bits per heavy atom. The lowest BCUT2D eigenvalue weighted by Crippen LogP contribution is -2.27. The van der Waals surface area contributed by atoms with Crippen molar-refractivity contribution in [3.05, 3.63) is 23.2 Å². The third-order valence-corrected chi connectivity index (χ3v) is 3.00. The van der Waals surface area contributed by atoms with Gasteiger partial charge < -0.3 is 4.74 Å². The predicted molar refractivity (Wildman–Crippen MR) is 69.6 cm³/mol. The summed E-state index contributed by atoms with van der Waals surface area (Å²) in [4.78, 5) is 10.9. The Labute approximate surface area is 115 Å². The minimum Gasteiger partial charge on any atom is -0.444 e. The third kappa shape index (κ3) is 5.04. The Balaban J connectivity index is 2.99. The number of carbonyl (C=O) groups excluding carboxylic acids is 1. The standard InChI is InChI=1S/C11H13ClFNO4S/c1-11(2,3)18-10(15)14-9-6-7(19(13,16)17)4-5-8(9)12/h4-6H,1-3H3,(H,14,15). The molecule has 0 bridgehead atoms. The Bertz CT molecular complexity index is 595. The maximum absolute atomic E-state index is 12.8. The van der Waals surface area contributed by atoms with Crippen LogP contribution in [-0.4, -0.2) is 20.1 Å². The van der Waals surface area contributed by atoms with Gasteiger partial charge in [-0.2, -0.15) is 8.42 Å². The number of benzene rings is 1. The highest BCUT2D eigenvalue weighted by molar-refractivity contribution is 7.86. The largest absolute Gasteiger partial charge is 0.444 e. The number of hydrogen-bond acceptors (Lipinski definition) is 4. The minimum absolute atomic E-state index is 0.0466. The first-order valence-electron chi connectivity index (χ1n) is 5.23. The van der Waals surface area contributed by atoms with Gasteiger partial charge in [0.1, 0.15) is 10.5 Å². The molecular formula is C11H13ClFNO4S. The molecule has 0 radical (unpaired) electrons. The van der Waals surface area contributed by atoms with E-state index in [1.807, 2.05) is 0 Å². The molecule has 0 fully saturated rings. The van der Waals surface area contributed by atoms with Gasteiger partial charge >= 0.3 is 16.3 Å². The van der Waals surface area contributed by atoms with Crippen molar-refractivity contribution >= 4 is 33.6 Å². The average Bonchev–Trinajstić information content (AvgIpc) is 2.16. The van der Waals surface area contributed by atoms with Gasteiger partial charge in [-0.25, -0.2) is 4.79 Å². The van der Waals surface area contributed by atoms with Gasteiger partial charge in [0.05, 0.1) is 10.7 Å². The monoisotopic (exact) mass is 309 g/mol. The van der Waals surface area contributed by atoms with Gasteiger partial charge in [0.25, 0.3) is 0 Å². The van der Waals surface area contributed by atoms with Gasteiger partial charge in [0.15, 0.2) is 0 Å². The minimum atomic E-state index is -4.86. The number of carbonyl (C=O) groups is 1. The Hall–Kier alpha value is -1.34. The van der Waals surface area contributed by atoms with Crippen molar-refractivity contribution in [3.63, 3.8) is 0 Å². The SMILES string of the molecule is CC(C)(C)OC(=O)Nc1cc(S(=O)(=O)F)ccc1Cl. The van der Waals surface area contributed by atoms with Crippen LogP contribution in [0, 0.1) is 0 Å². The van der Waals surface area contributed by atoms with Gasteiger partial charge in [-0.3, -0.25) is 5.32 Å². The Kier molecular flexibility index (Phi) is 4.42. The van der Waals surface area contributed by atoms with Gasteiger partial charge in [-0.05, 0) is 39.0 Å². The van der Waals surface area contributed by atoms with Gasteiger partial charge in [0.2, 0.25) is 0 Å². The Morgan fingerprint density at radius 1 is 1.37 bits per heavy atom. The summed E-state index contributed by atoms with van der Waals surface area (Å²) in [5, 5.41) is 2.32. The summed E-state index contributed by atoms with van der Waals surface area (Å²) in [5.74, 6) is 0. The molecule has 0 unspecified atom stereocenters.